The number of nitrogens with one attached hydrogen (secondary N) is 2. The molecule has 2 N–H and O–H groups in total. The van der Waals surface area contributed by atoms with Crippen LogP contribution >= 0.6 is 0 Å². The minimum absolute atomic E-state index is 0.0593. The molecule has 28 heavy (non-hydrogen) atoms. The molecule has 0 bridgehead atoms. The number of anilines is 2. The fourth-order valence-electron chi connectivity index (χ4n) is 2.59. The molecular formula is C21H20N2O4S. The second-order valence-corrected chi connectivity index (χ2v) is 7.80. The summed E-state index contributed by atoms with van der Waals surface area (Å²) < 4.78 is 33.3. The van der Waals surface area contributed by atoms with Crippen molar-refractivity contribution in [3.63, 3.8) is 0 Å². The van der Waals surface area contributed by atoms with Crippen molar-refractivity contribution < 1.29 is 17.9 Å². The first-order valence-electron chi connectivity index (χ1n) is 8.53. The number of carbonyl (C=O) groups is 1. The molecule has 0 spiro atoms. The lowest BCUT2D eigenvalue weighted by atomic mass is 10.2. The van der Waals surface area contributed by atoms with Gasteiger partial charge in [0.2, 0.25) is 0 Å². The van der Waals surface area contributed by atoms with Crippen LogP contribution in [-0.4, -0.2) is 21.4 Å². The molecule has 0 fully saturated rings. The van der Waals surface area contributed by atoms with Crippen molar-refractivity contribution >= 4 is 27.3 Å². The van der Waals surface area contributed by atoms with Crippen molar-refractivity contribution in [1.82, 2.24) is 0 Å². The molecule has 0 heterocycles. The van der Waals surface area contributed by atoms with Crippen molar-refractivity contribution in [2.45, 2.75) is 11.8 Å². The molecular weight excluding hydrogens is 376 g/mol. The number of methoxy groups -OCH3 is 1. The topological polar surface area (TPSA) is 84.5 Å². The minimum Gasteiger partial charge on any atom is -0.497 e. The monoisotopic (exact) mass is 396 g/mol. The molecule has 6 nitrogen and oxygen atoms in total. The van der Waals surface area contributed by atoms with Gasteiger partial charge in [0.1, 0.15) is 10.6 Å². The Labute approximate surface area is 164 Å². The van der Waals surface area contributed by atoms with Crippen LogP contribution in [0.5, 0.6) is 5.75 Å². The summed E-state index contributed by atoms with van der Waals surface area (Å²) in [6, 6.07) is 19.8. The van der Waals surface area contributed by atoms with E-state index in [2.05, 4.69) is 10.0 Å². The molecule has 0 aliphatic heterocycles. The van der Waals surface area contributed by atoms with E-state index in [0.717, 1.165) is 5.56 Å². The zero-order chi connectivity index (χ0) is 20.1. The number of amides is 1. The van der Waals surface area contributed by atoms with Crippen LogP contribution in [0.25, 0.3) is 0 Å². The third-order valence-corrected chi connectivity index (χ3v) is 5.51. The first kappa shape index (κ1) is 19.4. The molecule has 3 aromatic carbocycles. The van der Waals surface area contributed by atoms with Crippen LogP contribution in [0.3, 0.4) is 0 Å². The van der Waals surface area contributed by atoms with E-state index < -0.39 is 15.9 Å². The van der Waals surface area contributed by atoms with Gasteiger partial charge < -0.3 is 10.1 Å². The molecule has 0 aliphatic rings. The predicted molar refractivity (Wildman–Crippen MR) is 109 cm³/mol. The van der Waals surface area contributed by atoms with Gasteiger partial charge in [-0.05, 0) is 55.5 Å². The van der Waals surface area contributed by atoms with Crippen LogP contribution in [0.4, 0.5) is 11.4 Å². The standard InChI is InChI=1S/C21H20N2O4S/c1-15-7-9-16(10-8-15)22-21(24)19-5-3-4-6-20(19)28(25,26)23-17-11-13-18(27-2)14-12-17/h3-14,23H,1-2H3,(H,22,24). The summed E-state index contributed by atoms with van der Waals surface area (Å²) in [6.07, 6.45) is 0. The van der Waals surface area contributed by atoms with Gasteiger partial charge >= 0.3 is 0 Å². The molecule has 0 aromatic heterocycles. The Balaban J connectivity index is 1.87. The summed E-state index contributed by atoms with van der Waals surface area (Å²) in [5.74, 6) is 0.111. The molecule has 0 saturated carbocycles. The zero-order valence-corrected chi connectivity index (χ0v) is 16.3. The van der Waals surface area contributed by atoms with E-state index in [1.165, 1.54) is 19.2 Å². The van der Waals surface area contributed by atoms with E-state index >= 15 is 0 Å². The molecule has 0 atom stereocenters. The Morgan fingerprint density at radius 2 is 1.46 bits per heavy atom. The Morgan fingerprint density at radius 3 is 2.11 bits per heavy atom. The van der Waals surface area contributed by atoms with E-state index in [1.807, 2.05) is 19.1 Å². The van der Waals surface area contributed by atoms with Gasteiger partial charge in [0.05, 0.1) is 12.7 Å². The minimum atomic E-state index is -3.96. The molecule has 7 heteroatoms. The van der Waals surface area contributed by atoms with Crippen molar-refractivity contribution in [3.05, 3.63) is 83.9 Å². The molecule has 3 aromatic rings. The third-order valence-electron chi connectivity index (χ3n) is 4.07. The second kappa shape index (κ2) is 8.14. The summed E-state index contributed by atoms with van der Waals surface area (Å²) in [6.45, 7) is 1.94. The Morgan fingerprint density at radius 1 is 0.857 bits per heavy atom. The van der Waals surface area contributed by atoms with Gasteiger partial charge in [-0.25, -0.2) is 8.42 Å². The van der Waals surface area contributed by atoms with E-state index in [9.17, 15) is 13.2 Å². The van der Waals surface area contributed by atoms with Gasteiger partial charge in [-0.1, -0.05) is 29.8 Å². The molecule has 0 unspecified atom stereocenters. The molecule has 0 saturated heterocycles. The van der Waals surface area contributed by atoms with Crippen LogP contribution in [0.2, 0.25) is 0 Å². The van der Waals surface area contributed by atoms with Gasteiger partial charge in [-0.3, -0.25) is 9.52 Å². The van der Waals surface area contributed by atoms with E-state index in [1.54, 1.807) is 48.5 Å². The molecule has 144 valence electrons. The average Bonchev–Trinajstić information content (AvgIpc) is 2.70. The van der Waals surface area contributed by atoms with Gasteiger partial charge in [0, 0.05) is 11.4 Å². The fraction of sp³-hybridized carbons (Fsp3) is 0.0952. The number of hydrogen-bond donors (Lipinski definition) is 2. The van der Waals surface area contributed by atoms with Crippen molar-refractivity contribution in [1.29, 1.82) is 0 Å². The number of sulfonamides is 1. The molecule has 0 radical (unpaired) electrons. The highest BCUT2D eigenvalue weighted by Crippen LogP contribution is 2.22. The maximum atomic E-state index is 12.9. The van der Waals surface area contributed by atoms with Crippen LogP contribution in [0, 0.1) is 6.92 Å². The summed E-state index contributed by atoms with van der Waals surface area (Å²) in [5, 5.41) is 2.73. The number of hydrogen-bond acceptors (Lipinski definition) is 4. The largest absolute Gasteiger partial charge is 0.497 e. The van der Waals surface area contributed by atoms with Crippen LogP contribution in [0.15, 0.2) is 77.7 Å². The SMILES string of the molecule is COc1ccc(NS(=O)(=O)c2ccccc2C(=O)Nc2ccc(C)cc2)cc1. The summed E-state index contributed by atoms with van der Waals surface area (Å²) in [7, 11) is -2.43. The highest BCUT2D eigenvalue weighted by Gasteiger charge is 2.22. The lowest BCUT2D eigenvalue weighted by Gasteiger charge is -2.13. The number of rotatable bonds is 6. The maximum Gasteiger partial charge on any atom is 0.262 e. The fourth-order valence-corrected chi connectivity index (χ4v) is 3.86. The lowest BCUT2D eigenvalue weighted by molar-refractivity contribution is 0.102. The second-order valence-electron chi connectivity index (χ2n) is 6.15. The predicted octanol–water partition coefficient (Wildman–Crippen LogP) is 4.06. The summed E-state index contributed by atoms with van der Waals surface area (Å²) in [4.78, 5) is 12.6. The first-order valence-corrected chi connectivity index (χ1v) is 10.0. The first-order chi connectivity index (χ1) is 13.4. The Bertz CT molecular complexity index is 1080. The quantitative estimate of drug-likeness (QED) is 0.658. The lowest BCUT2D eigenvalue weighted by Crippen LogP contribution is -2.20. The van der Waals surface area contributed by atoms with Crippen LogP contribution in [-0.2, 0) is 10.0 Å². The van der Waals surface area contributed by atoms with E-state index in [0.29, 0.717) is 17.1 Å². The maximum absolute atomic E-state index is 12.9. The summed E-state index contributed by atoms with van der Waals surface area (Å²) in [5.41, 5.74) is 2.08. The average molecular weight is 396 g/mol. The van der Waals surface area contributed by atoms with E-state index in [4.69, 9.17) is 4.74 Å². The normalized spacial score (nSPS) is 10.9. The number of aryl methyl sites for hydroxylation is 1. The Hall–Kier alpha value is -3.32. The highest BCUT2D eigenvalue weighted by molar-refractivity contribution is 7.92. The van der Waals surface area contributed by atoms with Crippen LogP contribution < -0.4 is 14.8 Å². The van der Waals surface area contributed by atoms with Crippen molar-refractivity contribution in [2.24, 2.45) is 0 Å². The van der Waals surface area contributed by atoms with Crippen LogP contribution in [0.1, 0.15) is 15.9 Å². The van der Waals surface area contributed by atoms with Gasteiger partial charge in [-0.15, -0.1) is 0 Å². The number of ether oxygens (including phenoxy) is 1. The molecule has 1 amide bonds. The third kappa shape index (κ3) is 4.50. The molecule has 0 aliphatic carbocycles. The number of benzene rings is 3. The smallest absolute Gasteiger partial charge is 0.262 e. The van der Waals surface area contributed by atoms with E-state index in [-0.39, 0.29) is 10.5 Å². The van der Waals surface area contributed by atoms with Crippen molar-refractivity contribution in [3.8, 4) is 5.75 Å². The van der Waals surface area contributed by atoms with Crippen molar-refractivity contribution in [2.75, 3.05) is 17.1 Å². The van der Waals surface area contributed by atoms with Gasteiger partial charge in [-0.2, -0.15) is 0 Å². The number of carbonyl (C=O) groups excluding carboxylic acids is 1. The zero-order valence-electron chi connectivity index (χ0n) is 15.5. The highest BCUT2D eigenvalue weighted by atomic mass is 32.2. The van der Waals surface area contributed by atoms with Gasteiger partial charge in [0.25, 0.3) is 15.9 Å². The Kier molecular flexibility index (Phi) is 5.65. The summed E-state index contributed by atoms with van der Waals surface area (Å²) >= 11 is 0. The molecule has 3 rings (SSSR count). The van der Waals surface area contributed by atoms with Gasteiger partial charge in [0.15, 0.2) is 0 Å².